The van der Waals surface area contributed by atoms with Crippen molar-refractivity contribution in [3.63, 3.8) is 0 Å². The highest BCUT2D eigenvalue weighted by molar-refractivity contribution is 6.32. The van der Waals surface area contributed by atoms with E-state index in [0.29, 0.717) is 48.1 Å². The van der Waals surface area contributed by atoms with Crippen LogP contribution in [-0.2, 0) is 9.59 Å². The van der Waals surface area contributed by atoms with Gasteiger partial charge in [0.05, 0.1) is 18.7 Å². The van der Waals surface area contributed by atoms with Crippen molar-refractivity contribution in [1.29, 1.82) is 0 Å². The van der Waals surface area contributed by atoms with Gasteiger partial charge in [-0.2, -0.15) is 0 Å². The largest absolute Gasteiger partial charge is 0.491 e. The molecule has 6 nitrogen and oxygen atoms in total. The van der Waals surface area contributed by atoms with Crippen LogP contribution in [0.25, 0.3) is 6.08 Å². The number of carbonyl (C=O) groups excluding carboxylic acids is 1. The summed E-state index contributed by atoms with van der Waals surface area (Å²) in [6.45, 7) is 2.75. The molecule has 1 fully saturated rings. The van der Waals surface area contributed by atoms with Crippen LogP contribution in [0.5, 0.6) is 11.5 Å². The zero-order valence-corrected chi connectivity index (χ0v) is 14.4. The lowest BCUT2D eigenvalue weighted by atomic mass is 10.1. The number of hydrogen-bond donors (Lipinski definition) is 1. The third-order valence-corrected chi connectivity index (χ3v) is 4.06. The summed E-state index contributed by atoms with van der Waals surface area (Å²) in [7, 11) is 1.50. The first kappa shape index (κ1) is 18.1. The number of halogens is 1. The molecule has 1 saturated heterocycles. The van der Waals surface area contributed by atoms with E-state index in [1.807, 2.05) is 6.92 Å². The van der Waals surface area contributed by atoms with E-state index in [-0.39, 0.29) is 5.91 Å². The van der Waals surface area contributed by atoms with Crippen LogP contribution in [0.2, 0.25) is 5.02 Å². The normalized spacial score (nSPS) is 17.3. The van der Waals surface area contributed by atoms with E-state index in [9.17, 15) is 9.59 Å². The molecule has 1 amide bonds. The molecule has 0 aliphatic carbocycles. The van der Waals surface area contributed by atoms with Crippen LogP contribution < -0.4 is 9.47 Å². The maximum Gasteiger partial charge on any atom is 0.326 e. The molecule has 1 heterocycles. The highest BCUT2D eigenvalue weighted by atomic mass is 35.5. The molecular weight excluding hydrogens is 334 g/mol. The fraction of sp³-hybridized carbons (Fsp3) is 0.412. The van der Waals surface area contributed by atoms with Crippen LogP contribution in [0.3, 0.4) is 0 Å². The van der Waals surface area contributed by atoms with Crippen LogP contribution in [-0.4, -0.2) is 48.2 Å². The molecule has 24 heavy (non-hydrogen) atoms. The standard InChI is InChI=1S/C17H20ClNO5/c1-3-24-14-10-11(9-12(18)16(14)23-2)6-7-15(20)19-8-4-5-13(19)17(21)22/h6-7,9-10,13H,3-5,8H2,1-2H3,(H,21,22)/t13-/m1/s1. The quantitative estimate of drug-likeness (QED) is 0.796. The molecule has 0 saturated carbocycles. The molecule has 0 bridgehead atoms. The molecule has 0 spiro atoms. The van der Waals surface area contributed by atoms with Gasteiger partial charge < -0.3 is 19.5 Å². The predicted molar refractivity (Wildman–Crippen MR) is 90.6 cm³/mol. The fourth-order valence-electron chi connectivity index (χ4n) is 2.70. The Morgan fingerprint density at radius 1 is 1.46 bits per heavy atom. The summed E-state index contributed by atoms with van der Waals surface area (Å²) in [5, 5.41) is 9.52. The van der Waals surface area contributed by atoms with E-state index in [1.165, 1.54) is 18.1 Å². The molecule has 0 aromatic heterocycles. The Morgan fingerprint density at radius 2 is 2.21 bits per heavy atom. The van der Waals surface area contributed by atoms with Crippen molar-refractivity contribution in [3.05, 3.63) is 28.8 Å². The summed E-state index contributed by atoms with van der Waals surface area (Å²) in [5.74, 6) is -0.373. The summed E-state index contributed by atoms with van der Waals surface area (Å²) in [5.41, 5.74) is 0.670. The lowest BCUT2D eigenvalue weighted by molar-refractivity contribution is -0.146. The molecule has 1 N–H and O–H groups in total. The van der Waals surface area contributed by atoms with Crippen molar-refractivity contribution in [1.82, 2.24) is 4.90 Å². The van der Waals surface area contributed by atoms with Crippen LogP contribution in [0, 0.1) is 0 Å². The number of aliphatic carboxylic acids is 1. The second kappa shape index (κ2) is 8.06. The number of ether oxygens (including phenoxy) is 2. The Labute approximate surface area is 145 Å². The first-order valence-electron chi connectivity index (χ1n) is 7.69. The average molecular weight is 354 g/mol. The van der Waals surface area contributed by atoms with Crippen LogP contribution >= 0.6 is 11.6 Å². The van der Waals surface area contributed by atoms with Gasteiger partial charge in [0.25, 0.3) is 0 Å². The van der Waals surface area contributed by atoms with Gasteiger partial charge in [0, 0.05) is 12.6 Å². The SMILES string of the molecule is CCOc1cc(C=CC(=O)N2CCC[C@@H]2C(=O)O)cc(Cl)c1OC. The van der Waals surface area contributed by atoms with Crippen LogP contribution in [0.1, 0.15) is 25.3 Å². The Morgan fingerprint density at radius 3 is 2.83 bits per heavy atom. The molecule has 1 aromatic carbocycles. The minimum absolute atomic E-state index is 0.329. The van der Waals surface area contributed by atoms with Crippen molar-refractivity contribution in [2.24, 2.45) is 0 Å². The molecule has 0 radical (unpaired) electrons. The number of carboxylic acids is 1. The first-order valence-corrected chi connectivity index (χ1v) is 8.07. The molecule has 1 atom stereocenters. The Bertz CT molecular complexity index is 659. The number of rotatable bonds is 6. The summed E-state index contributed by atoms with van der Waals surface area (Å²) < 4.78 is 10.7. The maximum absolute atomic E-state index is 12.2. The predicted octanol–water partition coefficient (Wildman–Crippen LogP) is 2.84. The van der Waals surface area contributed by atoms with Gasteiger partial charge in [-0.15, -0.1) is 0 Å². The van der Waals surface area contributed by atoms with Crippen LogP contribution in [0.4, 0.5) is 0 Å². The van der Waals surface area contributed by atoms with Gasteiger partial charge in [-0.3, -0.25) is 4.79 Å². The molecule has 1 aliphatic rings. The summed E-state index contributed by atoms with van der Waals surface area (Å²) in [6.07, 6.45) is 4.12. The van der Waals surface area contributed by atoms with E-state index in [0.717, 1.165) is 0 Å². The third kappa shape index (κ3) is 4.00. The molecule has 7 heteroatoms. The molecule has 2 rings (SSSR count). The Hall–Kier alpha value is -2.21. The van der Waals surface area contributed by atoms with E-state index in [4.69, 9.17) is 26.2 Å². The molecule has 0 unspecified atom stereocenters. The number of amides is 1. The van der Waals surface area contributed by atoms with Crippen molar-refractivity contribution >= 4 is 29.6 Å². The third-order valence-electron chi connectivity index (χ3n) is 3.78. The van der Waals surface area contributed by atoms with Crippen molar-refractivity contribution in [2.45, 2.75) is 25.8 Å². The number of benzene rings is 1. The minimum atomic E-state index is -0.972. The Kier molecular flexibility index (Phi) is 6.09. The number of carboxylic acid groups (broad SMARTS) is 1. The molecule has 130 valence electrons. The van der Waals surface area contributed by atoms with E-state index in [1.54, 1.807) is 18.2 Å². The smallest absolute Gasteiger partial charge is 0.326 e. The van der Waals surface area contributed by atoms with Gasteiger partial charge in [0.15, 0.2) is 11.5 Å². The average Bonchev–Trinajstić information content (AvgIpc) is 3.03. The number of methoxy groups -OCH3 is 1. The van der Waals surface area contributed by atoms with Gasteiger partial charge in [-0.05, 0) is 43.5 Å². The van der Waals surface area contributed by atoms with Gasteiger partial charge in [0.1, 0.15) is 6.04 Å². The highest BCUT2D eigenvalue weighted by Gasteiger charge is 2.32. The van der Waals surface area contributed by atoms with E-state index >= 15 is 0 Å². The number of likely N-dealkylation sites (tertiary alicyclic amines) is 1. The second-order valence-corrected chi connectivity index (χ2v) is 5.74. The minimum Gasteiger partial charge on any atom is -0.491 e. The van der Waals surface area contributed by atoms with Gasteiger partial charge in [-0.1, -0.05) is 11.6 Å². The zero-order chi connectivity index (χ0) is 17.7. The lowest BCUT2D eigenvalue weighted by Crippen LogP contribution is -2.39. The molecule has 1 aliphatic heterocycles. The van der Waals surface area contributed by atoms with E-state index < -0.39 is 12.0 Å². The van der Waals surface area contributed by atoms with Crippen molar-refractivity contribution in [2.75, 3.05) is 20.3 Å². The molecular formula is C17H20ClNO5. The zero-order valence-electron chi connectivity index (χ0n) is 13.6. The maximum atomic E-state index is 12.2. The first-order chi connectivity index (χ1) is 11.5. The topological polar surface area (TPSA) is 76.1 Å². The van der Waals surface area contributed by atoms with Gasteiger partial charge in [-0.25, -0.2) is 4.79 Å². The summed E-state index contributed by atoms with van der Waals surface area (Å²) in [6, 6.07) is 2.63. The highest BCUT2D eigenvalue weighted by Crippen LogP contribution is 2.36. The second-order valence-electron chi connectivity index (χ2n) is 5.33. The lowest BCUT2D eigenvalue weighted by Gasteiger charge is -2.19. The van der Waals surface area contributed by atoms with Gasteiger partial charge >= 0.3 is 5.97 Å². The van der Waals surface area contributed by atoms with Gasteiger partial charge in [0.2, 0.25) is 5.91 Å². The number of hydrogen-bond acceptors (Lipinski definition) is 4. The van der Waals surface area contributed by atoms with Crippen LogP contribution in [0.15, 0.2) is 18.2 Å². The summed E-state index contributed by atoms with van der Waals surface area (Å²) in [4.78, 5) is 24.8. The monoisotopic (exact) mass is 353 g/mol. The Balaban J connectivity index is 2.19. The number of carbonyl (C=O) groups is 2. The number of nitrogens with zero attached hydrogens (tertiary/aromatic N) is 1. The van der Waals surface area contributed by atoms with Crippen molar-refractivity contribution < 1.29 is 24.2 Å². The summed E-state index contributed by atoms with van der Waals surface area (Å²) >= 11 is 6.17. The van der Waals surface area contributed by atoms with E-state index in [2.05, 4.69) is 0 Å². The fourth-order valence-corrected chi connectivity index (χ4v) is 2.99. The molecule has 1 aromatic rings. The van der Waals surface area contributed by atoms with Crippen molar-refractivity contribution in [3.8, 4) is 11.5 Å².